The van der Waals surface area contributed by atoms with Crippen LogP contribution in [0.4, 0.5) is 0 Å². The first-order chi connectivity index (χ1) is 35.1. The van der Waals surface area contributed by atoms with Crippen molar-refractivity contribution in [3.8, 4) is 0 Å². The molecule has 0 bridgehead atoms. The molecule has 0 N–H and O–H groups in total. The minimum atomic E-state index is -1.62. The molecule has 0 amide bonds. The van der Waals surface area contributed by atoms with Gasteiger partial charge in [-0.15, -0.1) is 0 Å². The van der Waals surface area contributed by atoms with Gasteiger partial charge in [-0.1, -0.05) is 247 Å². The molecule has 2 unspecified atom stereocenters. The molecule has 0 heterocycles. The summed E-state index contributed by atoms with van der Waals surface area (Å²) in [5.74, 6) is -2.28. The maximum atomic E-state index is 12.8. The van der Waals surface area contributed by atoms with Gasteiger partial charge in [0.05, 0.1) is 40.3 Å². The number of quaternary nitrogens is 1. The van der Waals surface area contributed by atoms with Crippen LogP contribution in [0, 0.1) is 0 Å². The number of ether oxygens (including phenoxy) is 4. The Kier molecular flexibility index (Phi) is 51.6. The lowest BCUT2D eigenvalue weighted by Crippen LogP contribution is -2.44. The number of carboxylic acid groups (broad SMARTS) is 1. The van der Waals surface area contributed by atoms with Crippen LogP contribution in [-0.2, 0) is 33.3 Å². The molecular formula is C63H111NO8. The lowest BCUT2D eigenvalue weighted by atomic mass is 10.0. The van der Waals surface area contributed by atoms with Crippen LogP contribution in [0.25, 0.3) is 0 Å². The van der Waals surface area contributed by atoms with Crippen molar-refractivity contribution in [1.29, 1.82) is 0 Å². The summed E-state index contributed by atoms with van der Waals surface area (Å²) >= 11 is 0. The molecule has 0 saturated carbocycles. The molecule has 0 aromatic heterocycles. The van der Waals surface area contributed by atoms with Crippen molar-refractivity contribution in [1.82, 2.24) is 0 Å². The Bertz CT molecular complexity index is 1410. The number of hydrogen-bond donors (Lipinski definition) is 0. The van der Waals surface area contributed by atoms with Gasteiger partial charge in [0.25, 0.3) is 0 Å². The number of aliphatic carboxylic acids is 1. The number of likely N-dealkylation sites (N-methyl/N-ethyl adjacent to an activating group) is 1. The van der Waals surface area contributed by atoms with E-state index in [-0.39, 0.29) is 32.2 Å². The van der Waals surface area contributed by atoms with E-state index in [1.165, 1.54) is 148 Å². The summed E-state index contributed by atoms with van der Waals surface area (Å²) in [5.41, 5.74) is 0. The molecular weight excluding hydrogens is 899 g/mol. The van der Waals surface area contributed by atoms with Crippen LogP contribution in [0.5, 0.6) is 0 Å². The zero-order chi connectivity index (χ0) is 52.7. The van der Waals surface area contributed by atoms with Gasteiger partial charge in [-0.2, -0.15) is 0 Å². The molecule has 0 spiro atoms. The standard InChI is InChI=1S/C63H111NO8/c1-6-8-10-12-14-16-17-18-19-20-21-22-23-24-25-26-27-28-29-30-31-32-33-34-35-36-37-38-39-40-41-42-43-44-45-46-48-50-52-54-61(66)72-59(58-71-63(62(67)68)69-56-55-64(3,4)5)57-70-60(65)53-51-49-47-15-13-11-9-7-2/h8,10,14,16,18-19,21-22,24-25,27-28,59,63H,6-7,9,11-13,15,17,20,23,26,29-58H2,1-5H3/b10-8-,16-14-,19-18-,22-21-,25-24-,28-27-. The number of esters is 2. The number of carbonyl (C=O) groups excluding carboxylic acids is 3. The van der Waals surface area contributed by atoms with Crippen LogP contribution in [0.2, 0.25) is 0 Å². The quantitative estimate of drug-likeness (QED) is 0.0195. The Balaban J connectivity index is 3.91. The molecule has 9 heteroatoms. The zero-order valence-corrected chi connectivity index (χ0v) is 47.3. The molecule has 0 saturated heterocycles. The summed E-state index contributed by atoms with van der Waals surface area (Å²) in [7, 11) is 5.91. The summed E-state index contributed by atoms with van der Waals surface area (Å²) in [6.07, 6.45) is 67.1. The van der Waals surface area contributed by atoms with Gasteiger partial charge in [-0.3, -0.25) is 9.59 Å². The minimum absolute atomic E-state index is 0.149. The highest BCUT2D eigenvalue weighted by molar-refractivity contribution is 5.70. The van der Waals surface area contributed by atoms with Crippen LogP contribution < -0.4 is 5.11 Å². The second kappa shape index (κ2) is 54.0. The van der Waals surface area contributed by atoms with E-state index in [4.69, 9.17) is 18.9 Å². The number of allylic oxidation sites excluding steroid dienone is 12. The maximum absolute atomic E-state index is 12.8. The lowest BCUT2D eigenvalue weighted by molar-refractivity contribution is -0.870. The zero-order valence-electron chi connectivity index (χ0n) is 47.3. The maximum Gasteiger partial charge on any atom is 0.306 e. The van der Waals surface area contributed by atoms with Crippen LogP contribution in [-0.4, -0.2) is 82.3 Å². The Hall–Kier alpha value is -3.27. The molecule has 2 atom stereocenters. The van der Waals surface area contributed by atoms with Gasteiger partial charge in [0.2, 0.25) is 0 Å². The Labute approximate surface area is 443 Å². The first-order valence-electron chi connectivity index (χ1n) is 29.6. The predicted octanol–water partition coefficient (Wildman–Crippen LogP) is 16.1. The minimum Gasteiger partial charge on any atom is -0.545 e. The molecule has 9 nitrogen and oxygen atoms in total. The summed E-state index contributed by atoms with van der Waals surface area (Å²) in [6.45, 7) is 4.61. The van der Waals surface area contributed by atoms with Crippen LogP contribution in [0.3, 0.4) is 0 Å². The second-order valence-corrected chi connectivity index (χ2v) is 20.9. The number of carbonyl (C=O) groups is 3. The fourth-order valence-corrected chi connectivity index (χ4v) is 8.19. The number of carboxylic acids is 1. The van der Waals surface area contributed by atoms with E-state index in [1.807, 2.05) is 21.1 Å². The highest BCUT2D eigenvalue weighted by Crippen LogP contribution is 2.17. The van der Waals surface area contributed by atoms with E-state index in [2.05, 4.69) is 86.8 Å². The number of unbranched alkanes of at least 4 members (excludes halogenated alkanes) is 27. The number of rotatable bonds is 54. The van der Waals surface area contributed by atoms with Crippen molar-refractivity contribution < 1.29 is 42.9 Å². The first kappa shape index (κ1) is 68.7. The monoisotopic (exact) mass is 1010 g/mol. The molecule has 72 heavy (non-hydrogen) atoms. The highest BCUT2D eigenvalue weighted by Gasteiger charge is 2.22. The number of nitrogens with zero attached hydrogens (tertiary/aromatic N) is 1. The summed E-state index contributed by atoms with van der Waals surface area (Å²) in [4.78, 5) is 37.0. The molecule has 416 valence electrons. The van der Waals surface area contributed by atoms with Gasteiger partial charge in [-0.05, 0) is 64.2 Å². The highest BCUT2D eigenvalue weighted by atomic mass is 16.7. The average Bonchev–Trinajstić information content (AvgIpc) is 3.35. The average molecular weight is 1010 g/mol. The molecule has 0 fully saturated rings. The Morgan fingerprint density at radius 1 is 0.431 bits per heavy atom. The normalized spacial score (nSPS) is 13.3. The SMILES string of the molecule is CC/C=C\C/C=C\C/C=C\C/C=C\C/C=C\C/C=C\CCCCCCCCCCCCCCCCCCCCCCC(=O)OC(COC(=O)CCCCCCCCCC)COC(OCC[N+](C)(C)C)C(=O)[O-]. The topological polar surface area (TPSA) is 111 Å². The predicted molar refractivity (Wildman–Crippen MR) is 301 cm³/mol. The lowest BCUT2D eigenvalue weighted by Gasteiger charge is -2.26. The van der Waals surface area contributed by atoms with Gasteiger partial charge >= 0.3 is 11.9 Å². The van der Waals surface area contributed by atoms with Gasteiger partial charge < -0.3 is 33.3 Å². The van der Waals surface area contributed by atoms with Gasteiger partial charge in [-0.25, -0.2) is 0 Å². The molecule has 0 aromatic carbocycles. The van der Waals surface area contributed by atoms with E-state index in [0.717, 1.165) is 70.6 Å². The van der Waals surface area contributed by atoms with E-state index >= 15 is 0 Å². The van der Waals surface area contributed by atoms with Crippen molar-refractivity contribution in [3.63, 3.8) is 0 Å². The third-order valence-electron chi connectivity index (χ3n) is 12.7. The van der Waals surface area contributed by atoms with Crippen LogP contribution in [0.1, 0.15) is 251 Å². The fourth-order valence-electron chi connectivity index (χ4n) is 8.19. The number of hydrogen-bond acceptors (Lipinski definition) is 8. The fraction of sp³-hybridized carbons (Fsp3) is 0.762. The van der Waals surface area contributed by atoms with Crippen molar-refractivity contribution in [2.24, 2.45) is 0 Å². The van der Waals surface area contributed by atoms with Crippen LogP contribution in [0.15, 0.2) is 72.9 Å². The van der Waals surface area contributed by atoms with Crippen molar-refractivity contribution in [2.45, 2.75) is 264 Å². The molecule has 0 radical (unpaired) electrons. The van der Waals surface area contributed by atoms with E-state index in [9.17, 15) is 19.5 Å². The van der Waals surface area contributed by atoms with Crippen LogP contribution >= 0.6 is 0 Å². The Morgan fingerprint density at radius 3 is 1.18 bits per heavy atom. The molecule has 0 aliphatic carbocycles. The molecule has 0 rings (SSSR count). The van der Waals surface area contributed by atoms with E-state index < -0.39 is 24.3 Å². The van der Waals surface area contributed by atoms with E-state index in [0.29, 0.717) is 23.9 Å². The smallest absolute Gasteiger partial charge is 0.306 e. The third kappa shape index (κ3) is 54.5. The third-order valence-corrected chi connectivity index (χ3v) is 12.7. The first-order valence-corrected chi connectivity index (χ1v) is 29.6. The van der Waals surface area contributed by atoms with Crippen molar-refractivity contribution >= 4 is 17.9 Å². The summed E-state index contributed by atoms with van der Waals surface area (Å²) in [6, 6.07) is 0. The molecule has 0 aromatic rings. The van der Waals surface area contributed by atoms with Gasteiger partial charge in [0.15, 0.2) is 12.4 Å². The summed E-state index contributed by atoms with van der Waals surface area (Å²) < 4.78 is 22.6. The second-order valence-electron chi connectivity index (χ2n) is 20.9. The van der Waals surface area contributed by atoms with Gasteiger partial charge in [0, 0.05) is 12.8 Å². The molecule has 0 aliphatic rings. The summed E-state index contributed by atoms with van der Waals surface area (Å²) in [5, 5.41) is 11.7. The molecule has 0 aliphatic heterocycles. The van der Waals surface area contributed by atoms with Crippen molar-refractivity contribution in [2.75, 3.05) is 47.5 Å². The van der Waals surface area contributed by atoms with Crippen molar-refractivity contribution in [3.05, 3.63) is 72.9 Å². The largest absolute Gasteiger partial charge is 0.545 e. The Morgan fingerprint density at radius 2 is 0.792 bits per heavy atom. The van der Waals surface area contributed by atoms with Gasteiger partial charge in [0.1, 0.15) is 13.2 Å². The van der Waals surface area contributed by atoms with E-state index in [1.54, 1.807) is 0 Å².